The second-order valence-electron chi connectivity index (χ2n) is 12.5. The van der Waals surface area contributed by atoms with E-state index in [1.165, 1.54) is 55.5 Å². The maximum Gasteiger partial charge on any atom is 0.275 e. The first-order chi connectivity index (χ1) is 23.0. The number of halogens is 1. The molecular formula is C41H47FN3O3+. The lowest BCUT2D eigenvalue weighted by molar-refractivity contribution is -0.462. The van der Waals surface area contributed by atoms with Gasteiger partial charge in [0.05, 0.1) is 18.7 Å². The molecule has 0 saturated heterocycles. The minimum atomic E-state index is -0.435. The lowest BCUT2D eigenvalue weighted by atomic mass is 9.93. The van der Waals surface area contributed by atoms with Crippen LogP contribution in [-0.2, 0) is 16.8 Å². The predicted molar refractivity (Wildman–Crippen MR) is 191 cm³/mol. The molecular weight excluding hydrogens is 601 g/mol. The molecule has 1 unspecified atom stereocenters. The fourth-order valence-corrected chi connectivity index (χ4v) is 5.41. The van der Waals surface area contributed by atoms with Crippen LogP contribution in [0.2, 0.25) is 0 Å². The fraction of sp³-hybridized carbons (Fsp3) is 0.366. The third-order valence-electron chi connectivity index (χ3n) is 8.65. The second-order valence-corrected chi connectivity index (χ2v) is 12.5. The zero-order chi connectivity index (χ0) is 35.0. The van der Waals surface area contributed by atoms with Gasteiger partial charge in [-0.15, -0.1) is 0 Å². The molecule has 0 radical (unpaired) electrons. The van der Waals surface area contributed by atoms with Gasteiger partial charge >= 0.3 is 0 Å². The van der Waals surface area contributed by atoms with Crippen molar-refractivity contribution < 1.29 is 23.3 Å². The van der Waals surface area contributed by atoms with Crippen molar-refractivity contribution in [2.75, 3.05) is 7.11 Å². The highest BCUT2D eigenvalue weighted by Crippen LogP contribution is 2.51. The number of hydrogen-bond donors (Lipinski definition) is 2. The number of aryl methyl sites for hydroxylation is 1. The first-order valence-corrected chi connectivity index (χ1v) is 16.7. The predicted octanol–water partition coefficient (Wildman–Crippen LogP) is 7.66. The Kier molecular flexibility index (Phi) is 11.8. The van der Waals surface area contributed by atoms with E-state index >= 15 is 0 Å². The molecule has 1 atom stereocenters. The smallest absolute Gasteiger partial charge is 0.275 e. The molecule has 2 N–H and O–H groups in total. The van der Waals surface area contributed by atoms with E-state index in [1.807, 2.05) is 13.8 Å². The van der Waals surface area contributed by atoms with E-state index in [0.717, 1.165) is 22.9 Å². The van der Waals surface area contributed by atoms with E-state index in [4.69, 9.17) is 4.74 Å². The zero-order valence-electron chi connectivity index (χ0n) is 29.2. The molecule has 48 heavy (non-hydrogen) atoms. The van der Waals surface area contributed by atoms with Gasteiger partial charge in [-0.2, -0.15) is 4.58 Å². The number of nitrogens with zero attached hydrogens (tertiary/aromatic N) is 1. The summed E-state index contributed by atoms with van der Waals surface area (Å²) in [6.07, 6.45) is 7.60. The Hall–Kier alpha value is -4.92. The van der Waals surface area contributed by atoms with Gasteiger partial charge in [0.25, 0.3) is 11.6 Å². The summed E-state index contributed by atoms with van der Waals surface area (Å²) in [6.45, 7) is 15.1. The number of nitrogens with one attached hydrogen (secondary N) is 2. The Balaban J connectivity index is 0.000000229. The van der Waals surface area contributed by atoms with Crippen molar-refractivity contribution in [1.82, 2.24) is 10.6 Å². The summed E-state index contributed by atoms with van der Waals surface area (Å²) in [6, 6.07) is 16.8. The van der Waals surface area contributed by atoms with Gasteiger partial charge in [-0.3, -0.25) is 9.59 Å². The topological polar surface area (TPSA) is 70.4 Å². The number of Topliss-reactive ketones (excluding diaryl/α,β-unsaturated/α-hetero) is 1. The van der Waals surface area contributed by atoms with Gasteiger partial charge in [0, 0.05) is 24.9 Å². The number of ether oxygens (including phenoxy) is 1. The molecule has 2 aliphatic carbocycles. The molecule has 0 bridgehead atoms. The van der Waals surface area contributed by atoms with Crippen molar-refractivity contribution in [3.8, 4) is 17.6 Å². The van der Waals surface area contributed by atoms with Crippen LogP contribution in [0.15, 0.2) is 72.6 Å². The van der Waals surface area contributed by atoms with E-state index in [9.17, 15) is 14.0 Å². The Morgan fingerprint density at radius 1 is 1.12 bits per heavy atom. The summed E-state index contributed by atoms with van der Waals surface area (Å²) in [5.74, 6) is 5.82. The van der Waals surface area contributed by atoms with E-state index in [1.54, 1.807) is 57.4 Å². The van der Waals surface area contributed by atoms with Crippen LogP contribution in [0.3, 0.4) is 0 Å². The Labute approximate surface area is 284 Å². The Morgan fingerprint density at radius 2 is 1.83 bits per heavy atom. The highest BCUT2D eigenvalue weighted by Gasteiger charge is 2.46. The number of carbonyl (C=O) groups excluding carboxylic acids is 2. The van der Waals surface area contributed by atoms with Crippen LogP contribution >= 0.6 is 0 Å². The van der Waals surface area contributed by atoms with Crippen molar-refractivity contribution in [2.45, 2.75) is 91.3 Å². The molecule has 1 heterocycles. The Morgan fingerprint density at radius 3 is 2.44 bits per heavy atom. The number of fused-ring (bicyclic) bond motifs is 1. The molecule has 3 aromatic rings. The van der Waals surface area contributed by atoms with Crippen molar-refractivity contribution in [3.63, 3.8) is 0 Å². The number of benzene rings is 3. The molecule has 3 aromatic carbocycles. The molecule has 1 amide bonds. The van der Waals surface area contributed by atoms with E-state index in [0.29, 0.717) is 16.5 Å². The first-order valence-electron chi connectivity index (χ1n) is 16.7. The van der Waals surface area contributed by atoms with Crippen LogP contribution in [0.5, 0.6) is 5.75 Å². The first kappa shape index (κ1) is 35.9. The van der Waals surface area contributed by atoms with Gasteiger partial charge in [-0.1, -0.05) is 75.3 Å². The summed E-state index contributed by atoms with van der Waals surface area (Å²) in [7, 11) is 1.79. The lowest BCUT2D eigenvalue weighted by Crippen LogP contribution is -2.35. The van der Waals surface area contributed by atoms with Crippen molar-refractivity contribution >= 4 is 23.6 Å². The third kappa shape index (κ3) is 8.70. The number of amides is 1. The maximum atomic E-state index is 13.9. The standard InChI is InChI=1S/C24H23FN2O2.C15H18NO.C2H6/c1-5-23(24(29)26-15-20-8-6-7-9-21(20)18(4)28)27-17(3)11-13-19-12-10-16(2)14-22(19)25;1-15(5-6-15)11-7-10-9-16(12-3-4-12)14(10)13(8-11)17-2;1-2/h6-10,12,14,17,27H,1,15H2,2-4H3,(H,26,29);7-9,12H,3-6H2,1-2H3;1-2H3/q;+1;. The van der Waals surface area contributed by atoms with Crippen LogP contribution in [0.4, 0.5) is 10.1 Å². The summed E-state index contributed by atoms with van der Waals surface area (Å²) in [5, 5.41) is 5.65. The Bertz CT molecular complexity index is 1830. The number of carbonyl (C=O) groups is 2. The molecule has 0 spiro atoms. The van der Waals surface area contributed by atoms with Gasteiger partial charge in [-0.25, -0.2) is 4.39 Å². The lowest BCUT2D eigenvalue weighted by Gasteiger charge is -2.19. The van der Waals surface area contributed by atoms with E-state index in [-0.39, 0.29) is 23.8 Å². The molecule has 250 valence electrons. The molecule has 7 heteroatoms. The van der Waals surface area contributed by atoms with E-state index in [2.05, 4.69) is 64.6 Å². The van der Waals surface area contributed by atoms with Crippen molar-refractivity contribution in [1.29, 1.82) is 0 Å². The monoisotopic (exact) mass is 648 g/mol. The van der Waals surface area contributed by atoms with Crippen LogP contribution < -0.4 is 15.4 Å². The fourth-order valence-electron chi connectivity index (χ4n) is 5.41. The third-order valence-corrected chi connectivity index (χ3v) is 8.65. The van der Waals surface area contributed by atoms with Gasteiger partial charge in [0.2, 0.25) is 0 Å². The second kappa shape index (κ2) is 15.8. The van der Waals surface area contributed by atoms with Gasteiger partial charge in [0.15, 0.2) is 23.8 Å². The zero-order valence-corrected chi connectivity index (χ0v) is 29.2. The number of ketones is 1. The molecule has 2 fully saturated rings. The summed E-state index contributed by atoms with van der Waals surface area (Å²) >= 11 is 0. The van der Waals surface area contributed by atoms with Gasteiger partial charge in [-0.05, 0) is 80.0 Å². The molecule has 2 saturated carbocycles. The molecule has 6 nitrogen and oxygen atoms in total. The SMILES string of the molecule is C=C=C(NC(C)C#Cc1ccc(C)cc1F)C(=O)NCc1ccccc1C(C)=O.CC.COc1cc(C2(C)CC2)cc2c1[N+](C1CC1)=C2. The minimum absolute atomic E-state index is 0.0697. The minimum Gasteiger partial charge on any atom is -0.490 e. The van der Waals surface area contributed by atoms with Gasteiger partial charge < -0.3 is 15.4 Å². The highest BCUT2D eigenvalue weighted by molar-refractivity contribution is 5.96. The van der Waals surface area contributed by atoms with Crippen LogP contribution in [0, 0.1) is 24.6 Å². The molecule has 3 aliphatic rings. The average Bonchev–Trinajstić information content (AvgIpc) is 4.02. The highest BCUT2D eigenvalue weighted by atomic mass is 19.1. The van der Waals surface area contributed by atoms with E-state index < -0.39 is 11.9 Å². The van der Waals surface area contributed by atoms with Crippen LogP contribution in [0.1, 0.15) is 98.5 Å². The van der Waals surface area contributed by atoms with Crippen LogP contribution in [-0.4, -0.2) is 41.7 Å². The summed E-state index contributed by atoms with van der Waals surface area (Å²) < 4.78 is 21.9. The summed E-state index contributed by atoms with van der Waals surface area (Å²) in [5.41, 5.74) is 9.65. The van der Waals surface area contributed by atoms with Crippen LogP contribution in [0.25, 0.3) is 0 Å². The quantitative estimate of drug-likeness (QED) is 0.0822. The molecule has 1 aliphatic heterocycles. The average molecular weight is 649 g/mol. The number of methoxy groups -OCH3 is 1. The normalized spacial score (nSPS) is 15.0. The van der Waals surface area contributed by atoms with Gasteiger partial charge in [0.1, 0.15) is 17.1 Å². The maximum absolute atomic E-state index is 13.9. The largest absolute Gasteiger partial charge is 0.490 e. The number of hydrogen-bond acceptors (Lipinski definition) is 4. The van der Waals surface area contributed by atoms with Crippen molar-refractivity contribution in [2.24, 2.45) is 0 Å². The number of rotatable bonds is 9. The molecule has 0 aromatic heterocycles. The molecule has 6 rings (SSSR count). The summed E-state index contributed by atoms with van der Waals surface area (Å²) in [4.78, 5) is 24.1. The van der Waals surface area contributed by atoms with Crippen molar-refractivity contribution in [3.05, 3.63) is 112 Å².